The molecule has 0 aromatic carbocycles. The summed E-state index contributed by atoms with van der Waals surface area (Å²) in [7, 11) is -3.25. The Bertz CT molecular complexity index is 260. The minimum absolute atomic E-state index is 0.206. The molecule has 0 aromatic rings. The quantitative estimate of drug-likeness (QED) is 0.330. The van der Waals surface area contributed by atoms with Crippen molar-refractivity contribution in [2.75, 3.05) is 19.8 Å². The van der Waals surface area contributed by atoms with Crippen molar-refractivity contribution in [3.05, 3.63) is 12.2 Å². The molecule has 0 unspecified atom stereocenters. The van der Waals surface area contributed by atoms with Crippen molar-refractivity contribution in [3.63, 3.8) is 0 Å². The van der Waals surface area contributed by atoms with Crippen molar-refractivity contribution < 1.29 is 18.1 Å². The molecule has 0 amide bonds. The fourth-order valence-electron chi connectivity index (χ4n) is 1.52. The smallest absolute Gasteiger partial charge is 0.368 e. The van der Waals surface area contributed by atoms with Gasteiger partial charge in [0.1, 0.15) is 0 Å². The number of rotatable bonds is 11. The van der Waals surface area contributed by atoms with Gasteiger partial charge in [-0.3, -0.25) is 4.79 Å². The van der Waals surface area contributed by atoms with E-state index in [0.717, 1.165) is 19.3 Å². The number of hydrogen-bond acceptors (Lipinski definition) is 4. The first-order valence-electron chi connectivity index (χ1n) is 6.66. The van der Waals surface area contributed by atoms with Crippen LogP contribution in [0.4, 0.5) is 0 Å². The topological polar surface area (TPSA) is 44.8 Å². The van der Waals surface area contributed by atoms with Gasteiger partial charge in [0, 0.05) is 19.8 Å². The third-order valence-electron chi connectivity index (χ3n) is 2.37. The van der Waals surface area contributed by atoms with Gasteiger partial charge >= 0.3 is 8.80 Å². The van der Waals surface area contributed by atoms with E-state index in [4.69, 9.17) is 13.3 Å². The van der Waals surface area contributed by atoms with Crippen LogP contribution in [-0.2, 0) is 18.1 Å². The number of unbranched alkanes of at least 4 members (excludes halogenated alkanes) is 2. The molecule has 0 aromatic heterocycles. The second-order valence-electron chi connectivity index (χ2n) is 4.09. The highest BCUT2D eigenvalue weighted by Crippen LogP contribution is 2.16. The maximum absolute atomic E-state index is 12.2. The van der Waals surface area contributed by atoms with Gasteiger partial charge in [0.15, 0.2) is 0 Å². The molecule has 0 fully saturated rings. The zero-order chi connectivity index (χ0) is 14.0. The van der Waals surface area contributed by atoms with Crippen LogP contribution in [0, 0.1) is 0 Å². The number of hydrogen-bond donors (Lipinski definition) is 0. The van der Waals surface area contributed by atoms with Gasteiger partial charge in [0.25, 0.3) is 0 Å². The first-order valence-corrected chi connectivity index (χ1v) is 8.38. The summed E-state index contributed by atoms with van der Waals surface area (Å²) in [6.45, 7) is 12.4. The lowest BCUT2D eigenvalue weighted by Gasteiger charge is -2.27. The number of carbonyl (C=O) groups excluding carboxylic acids is 1. The minimum Gasteiger partial charge on any atom is -0.368 e. The average Bonchev–Trinajstić information content (AvgIpc) is 2.34. The largest absolute Gasteiger partial charge is 0.579 e. The molecule has 0 saturated carbocycles. The fraction of sp³-hybridized carbons (Fsp3) is 0.769. The molecule has 0 N–H and O–H groups in total. The highest BCUT2D eigenvalue weighted by Gasteiger charge is 2.50. The van der Waals surface area contributed by atoms with E-state index >= 15 is 0 Å². The summed E-state index contributed by atoms with van der Waals surface area (Å²) in [5.74, 6) is 0. The molecular weight excluding hydrogens is 248 g/mol. The molecule has 0 heterocycles. The van der Waals surface area contributed by atoms with Crippen molar-refractivity contribution in [1.82, 2.24) is 0 Å². The molecule has 0 rings (SSSR count). The molecular formula is C13H26O4Si. The fourth-order valence-corrected chi connectivity index (χ4v) is 3.86. The van der Waals surface area contributed by atoms with Gasteiger partial charge in [-0.15, -0.1) is 0 Å². The van der Waals surface area contributed by atoms with Gasteiger partial charge in [-0.1, -0.05) is 26.3 Å². The summed E-state index contributed by atoms with van der Waals surface area (Å²) in [6.07, 6.45) is 3.09. The minimum atomic E-state index is -3.25. The van der Waals surface area contributed by atoms with Crippen LogP contribution in [0.1, 0.15) is 47.0 Å². The van der Waals surface area contributed by atoms with Crippen LogP contribution in [0.2, 0.25) is 0 Å². The molecule has 18 heavy (non-hydrogen) atoms. The maximum atomic E-state index is 12.2. The monoisotopic (exact) mass is 274 g/mol. The molecule has 0 aliphatic carbocycles. The van der Waals surface area contributed by atoms with E-state index in [1.54, 1.807) is 6.92 Å². The Hall–Kier alpha value is -0.493. The average molecular weight is 274 g/mol. The summed E-state index contributed by atoms with van der Waals surface area (Å²) < 4.78 is 16.8. The molecule has 5 heteroatoms. The van der Waals surface area contributed by atoms with E-state index < -0.39 is 8.80 Å². The van der Waals surface area contributed by atoms with E-state index in [0.29, 0.717) is 25.4 Å². The zero-order valence-electron chi connectivity index (χ0n) is 12.1. The normalized spacial score (nSPS) is 11.6. The van der Waals surface area contributed by atoms with Crippen LogP contribution in [-0.4, -0.2) is 34.0 Å². The van der Waals surface area contributed by atoms with Crippen LogP contribution in [0.15, 0.2) is 12.2 Å². The lowest BCUT2D eigenvalue weighted by atomic mass is 10.3. The molecule has 0 atom stereocenters. The van der Waals surface area contributed by atoms with E-state index in [9.17, 15) is 4.79 Å². The van der Waals surface area contributed by atoms with Crippen LogP contribution in [0.3, 0.4) is 0 Å². The van der Waals surface area contributed by atoms with E-state index in [1.165, 1.54) is 0 Å². The second kappa shape index (κ2) is 9.44. The Morgan fingerprint density at radius 2 is 1.61 bits per heavy atom. The molecule has 0 bridgehead atoms. The van der Waals surface area contributed by atoms with Gasteiger partial charge in [-0.05, 0) is 32.8 Å². The third kappa shape index (κ3) is 5.43. The highest BCUT2D eigenvalue weighted by atomic mass is 28.4. The second-order valence-corrected chi connectivity index (χ2v) is 6.52. The first kappa shape index (κ1) is 17.5. The van der Waals surface area contributed by atoms with Crippen molar-refractivity contribution in [2.45, 2.75) is 47.0 Å². The Morgan fingerprint density at radius 1 is 1.06 bits per heavy atom. The first-order chi connectivity index (χ1) is 8.54. The number of carbonyl (C=O) groups is 1. The van der Waals surface area contributed by atoms with Gasteiger partial charge in [-0.25, -0.2) is 0 Å². The van der Waals surface area contributed by atoms with Crippen molar-refractivity contribution in [1.29, 1.82) is 0 Å². The van der Waals surface area contributed by atoms with Crippen molar-refractivity contribution >= 4 is 14.2 Å². The Labute approximate surface area is 112 Å². The summed E-state index contributed by atoms with van der Waals surface area (Å²) in [4.78, 5) is 12.2. The van der Waals surface area contributed by atoms with Gasteiger partial charge in [0.05, 0.1) is 0 Å². The van der Waals surface area contributed by atoms with Crippen molar-refractivity contribution in [2.24, 2.45) is 0 Å². The van der Waals surface area contributed by atoms with Crippen LogP contribution < -0.4 is 0 Å². The van der Waals surface area contributed by atoms with Crippen LogP contribution in [0.5, 0.6) is 0 Å². The lowest BCUT2D eigenvalue weighted by Crippen LogP contribution is -2.54. The predicted octanol–water partition coefficient (Wildman–Crippen LogP) is 2.89. The number of allylic oxidation sites excluding steroid dienone is 1. The summed E-state index contributed by atoms with van der Waals surface area (Å²) in [6, 6.07) is 0. The van der Waals surface area contributed by atoms with Gasteiger partial charge < -0.3 is 13.3 Å². The SMILES string of the molecule is C=C(C)C(=O)[Si](OCC)(OCC)OCCCCC. The third-order valence-corrected chi connectivity index (χ3v) is 5.28. The van der Waals surface area contributed by atoms with Gasteiger partial charge in [-0.2, -0.15) is 0 Å². The molecule has 0 saturated heterocycles. The molecule has 0 aliphatic heterocycles. The standard InChI is InChI=1S/C13H26O4Si/c1-6-9-10-11-17-18(15-7-2,16-8-3)13(14)12(4)5/h4,6-11H2,1-3,5H3. The predicted molar refractivity (Wildman–Crippen MR) is 74.3 cm³/mol. The van der Waals surface area contributed by atoms with E-state index in [2.05, 4.69) is 13.5 Å². The molecule has 4 nitrogen and oxygen atoms in total. The molecule has 106 valence electrons. The van der Waals surface area contributed by atoms with Crippen molar-refractivity contribution in [3.8, 4) is 0 Å². The Balaban J connectivity index is 4.73. The Morgan fingerprint density at radius 3 is 2.00 bits per heavy atom. The van der Waals surface area contributed by atoms with Crippen LogP contribution in [0.25, 0.3) is 0 Å². The maximum Gasteiger partial charge on any atom is 0.579 e. The van der Waals surface area contributed by atoms with E-state index in [1.807, 2.05) is 13.8 Å². The van der Waals surface area contributed by atoms with Gasteiger partial charge in [0.2, 0.25) is 5.41 Å². The summed E-state index contributed by atoms with van der Waals surface area (Å²) >= 11 is 0. The van der Waals surface area contributed by atoms with E-state index in [-0.39, 0.29) is 5.41 Å². The zero-order valence-corrected chi connectivity index (χ0v) is 13.1. The highest BCUT2D eigenvalue weighted by molar-refractivity contribution is 6.94. The van der Waals surface area contributed by atoms with Crippen LogP contribution >= 0.6 is 0 Å². The molecule has 0 radical (unpaired) electrons. The summed E-state index contributed by atoms with van der Waals surface area (Å²) in [5.41, 5.74) is 0.430. The summed E-state index contributed by atoms with van der Waals surface area (Å²) in [5, 5.41) is -0.206. The molecule has 0 aliphatic rings. The molecule has 0 spiro atoms. The lowest BCUT2D eigenvalue weighted by molar-refractivity contribution is -0.116. The Kier molecular flexibility index (Phi) is 9.18.